The molecule has 1 unspecified atom stereocenters. The lowest BCUT2D eigenvalue weighted by Crippen LogP contribution is -2.30. The van der Waals surface area contributed by atoms with Crippen LogP contribution in [0.4, 0.5) is 0 Å². The van der Waals surface area contributed by atoms with Gasteiger partial charge in [0.15, 0.2) is 0 Å². The SMILES string of the molecule is CC1=CC(C)(O)OOC1. The number of hydrogen-bond donors (Lipinski definition) is 1. The molecule has 1 rings (SSSR count). The molecule has 1 heterocycles. The molecule has 0 aromatic heterocycles. The maximum Gasteiger partial charge on any atom is 0.215 e. The Bertz CT molecular complexity index is 137. The molecule has 52 valence electrons. The highest BCUT2D eigenvalue weighted by Gasteiger charge is 2.22. The van der Waals surface area contributed by atoms with Gasteiger partial charge in [-0.3, -0.25) is 0 Å². The van der Waals surface area contributed by atoms with Gasteiger partial charge in [-0.05, 0) is 25.5 Å². The van der Waals surface area contributed by atoms with Gasteiger partial charge in [-0.25, -0.2) is 4.89 Å². The first-order valence-electron chi connectivity index (χ1n) is 2.81. The smallest absolute Gasteiger partial charge is 0.215 e. The average Bonchev–Trinajstić information content (AvgIpc) is 1.60. The Labute approximate surface area is 53.8 Å². The van der Waals surface area contributed by atoms with Crippen molar-refractivity contribution in [1.82, 2.24) is 0 Å². The minimum Gasteiger partial charge on any atom is -0.360 e. The van der Waals surface area contributed by atoms with Gasteiger partial charge in [0.2, 0.25) is 5.79 Å². The standard InChI is InChI=1S/C6H10O3/c1-5-3-6(2,7)9-8-4-5/h3,7H,4H2,1-2H3. The van der Waals surface area contributed by atoms with Gasteiger partial charge in [-0.2, -0.15) is 4.89 Å². The molecule has 1 aliphatic rings. The predicted octanol–water partition coefficient (Wildman–Crippen LogP) is 0.603. The zero-order chi connectivity index (χ0) is 6.91. The lowest BCUT2D eigenvalue weighted by molar-refractivity contribution is -0.400. The van der Waals surface area contributed by atoms with Crippen molar-refractivity contribution in [2.24, 2.45) is 0 Å². The Morgan fingerprint density at radius 1 is 1.78 bits per heavy atom. The van der Waals surface area contributed by atoms with Crippen LogP contribution in [0.1, 0.15) is 13.8 Å². The summed E-state index contributed by atoms with van der Waals surface area (Å²) >= 11 is 0. The highest BCUT2D eigenvalue weighted by Crippen LogP contribution is 2.16. The summed E-state index contributed by atoms with van der Waals surface area (Å²) in [5.41, 5.74) is 0.978. The summed E-state index contributed by atoms with van der Waals surface area (Å²) in [5.74, 6) is -1.23. The topological polar surface area (TPSA) is 38.7 Å². The van der Waals surface area contributed by atoms with Crippen molar-refractivity contribution < 1.29 is 14.9 Å². The van der Waals surface area contributed by atoms with Gasteiger partial charge < -0.3 is 5.11 Å². The van der Waals surface area contributed by atoms with Crippen molar-refractivity contribution in [3.05, 3.63) is 11.6 Å². The van der Waals surface area contributed by atoms with Gasteiger partial charge in [-0.15, -0.1) is 0 Å². The second-order valence-corrected chi connectivity index (χ2v) is 2.39. The maximum atomic E-state index is 9.12. The second kappa shape index (κ2) is 2.10. The lowest BCUT2D eigenvalue weighted by atomic mass is 10.2. The van der Waals surface area contributed by atoms with Crippen molar-refractivity contribution in [1.29, 1.82) is 0 Å². The number of hydrogen-bond acceptors (Lipinski definition) is 3. The van der Waals surface area contributed by atoms with Crippen molar-refractivity contribution in [3.63, 3.8) is 0 Å². The molecule has 9 heavy (non-hydrogen) atoms. The summed E-state index contributed by atoms with van der Waals surface area (Å²) in [4.78, 5) is 9.09. The van der Waals surface area contributed by atoms with Crippen LogP contribution in [0.2, 0.25) is 0 Å². The Kier molecular flexibility index (Phi) is 1.57. The van der Waals surface area contributed by atoms with E-state index >= 15 is 0 Å². The highest BCUT2D eigenvalue weighted by atomic mass is 17.2. The van der Waals surface area contributed by atoms with Crippen molar-refractivity contribution in [3.8, 4) is 0 Å². The third-order valence-corrected chi connectivity index (χ3v) is 1.03. The molecule has 1 aliphatic heterocycles. The van der Waals surface area contributed by atoms with Crippen molar-refractivity contribution in [2.45, 2.75) is 19.6 Å². The van der Waals surface area contributed by atoms with Crippen molar-refractivity contribution in [2.75, 3.05) is 6.61 Å². The first-order chi connectivity index (χ1) is 4.10. The molecule has 1 N–H and O–H groups in total. The van der Waals surface area contributed by atoms with Crippen LogP contribution in [0, 0.1) is 0 Å². The molecule has 0 saturated heterocycles. The van der Waals surface area contributed by atoms with Crippen LogP contribution in [-0.2, 0) is 9.78 Å². The van der Waals surface area contributed by atoms with Gasteiger partial charge >= 0.3 is 0 Å². The minimum atomic E-state index is -1.23. The minimum absolute atomic E-state index is 0.441. The van der Waals surface area contributed by atoms with Crippen LogP contribution < -0.4 is 0 Å². The molecular formula is C6H10O3. The fraction of sp³-hybridized carbons (Fsp3) is 0.667. The molecule has 0 bridgehead atoms. The summed E-state index contributed by atoms with van der Waals surface area (Å²) in [5, 5.41) is 9.12. The molecule has 3 heteroatoms. The fourth-order valence-electron chi connectivity index (χ4n) is 0.765. The Morgan fingerprint density at radius 3 is 2.78 bits per heavy atom. The molecule has 0 aromatic rings. The van der Waals surface area contributed by atoms with Crippen LogP contribution in [0.25, 0.3) is 0 Å². The Balaban J connectivity index is 2.68. The largest absolute Gasteiger partial charge is 0.360 e. The zero-order valence-corrected chi connectivity index (χ0v) is 5.55. The van der Waals surface area contributed by atoms with E-state index in [2.05, 4.69) is 9.78 Å². The first-order valence-corrected chi connectivity index (χ1v) is 2.81. The zero-order valence-electron chi connectivity index (χ0n) is 5.55. The van der Waals surface area contributed by atoms with E-state index in [0.717, 1.165) is 5.57 Å². The molecule has 3 nitrogen and oxygen atoms in total. The molecular weight excluding hydrogens is 120 g/mol. The molecule has 0 aliphatic carbocycles. The maximum absolute atomic E-state index is 9.12. The number of aliphatic hydroxyl groups is 1. The van der Waals surface area contributed by atoms with Crippen LogP contribution in [0.3, 0.4) is 0 Å². The average molecular weight is 130 g/mol. The van der Waals surface area contributed by atoms with E-state index in [-0.39, 0.29) is 0 Å². The highest BCUT2D eigenvalue weighted by molar-refractivity contribution is 5.05. The molecule has 0 radical (unpaired) electrons. The molecule has 0 aromatic carbocycles. The second-order valence-electron chi connectivity index (χ2n) is 2.39. The van der Waals surface area contributed by atoms with E-state index in [1.165, 1.54) is 6.92 Å². The predicted molar refractivity (Wildman–Crippen MR) is 31.4 cm³/mol. The van der Waals surface area contributed by atoms with Gasteiger partial charge in [0.1, 0.15) is 6.61 Å². The van der Waals surface area contributed by atoms with E-state index < -0.39 is 5.79 Å². The van der Waals surface area contributed by atoms with Crippen LogP contribution in [-0.4, -0.2) is 17.5 Å². The molecule has 0 fully saturated rings. The Morgan fingerprint density at radius 2 is 2.44 bits per heavy atom. The summed E-state index contributed by atoms with van der Waals surface area (Å²) < 4.78 is 0. The molecule has 0 amide bonds. The number of rotatable bonds is 0. The van der Waals surface area contributed by atoms with E-state index in [9.17, 15) is 0 Å². The fourth-order valence-corrected chi connectivity index (χ4v) is 0.765. The summed E-state index contributed by atoms with van der Waals surface area (Å²) in [6.07, 6.45) is 1.62. The van der Waals surface area contributed by atoms with E-state index in [1.54, 1.807) is 6.08 Å². The summed E-state index contributed by atoms with van der Waals surface area (Å²) in [6, 6.07) is 0. The molecule has 1 atom stereocenters. The molecule has 0 spiro atoms. The van der Waals surface area contributed by atoms with Gasteiger partial charge in [0.25, 0.3) is 0 Å². The quantitative estimate of drug-likeness (QED) is 0.385. The van der Waals surface area contributed by atoms with Crippen LogP contribution in [0.5, 0.6) is 0 Å². The normalized spacial score (nSPS) is 36.1. The van der Waals surface area contributed by atoms with Gasteiger partial charge in [0, 0.05) is 0 Å². The third kappa shape index (κ3) is 1.78. The van der Waals surface area contributed by atoms with E-state index in [0.29, 0.717) is 6.61 Å². The monoisotopic (exact) mass is 130 g/mol. The lowest BCUT2D eigenvalue weighted by Gasteiger charge is -2.23. The first kappa shape index (κ1) is 6.74. The van der Waals surface area contributed by atoms with Crippen LogP contribution in [0.15, 0.2) is 11.6 Å². The summed E-state index contributed by atoms with van der Waals surface area (Å²) in [6.45, 7) is 3.84. The third-order valence-electron chi connectivity index (χ3n) is 1.03. The Hall–Kier alpha value is -0.380. The van der Waals surface area contributed by atoms with Crippen LogP contribution >= 0.6 is 0 Å². The van der Waals surface area contributed by atoms with Gasteiger partial charge in [0.05, 0.1) is 0 Å². The van der Waals surface area contributed by atoms with Crippen molar-refractivity contribution >= 4 is 0 Å². The van der Waals surface area contributed by atoms with E-state index in [4.69, 9.17) is 5.11 Å². The molecule has 0 saturated carbocycles. The van der Waals surface area contributed by atoms with E-state index in [1.807, 2.05) is 6.92 Å². The van der Waals surface area contributed by atoms with Gasteiger partial charge in [-0.1, -0.05) is 0 Å². The summed E-state index contributed by atoms with van der Waals surface area (Å²) in [7, 11) is 0.